The van der Waals surface area contributed by atoms with Crippen molar-refractivity contribution in [3.8, 4) is 0 Å². The number of hydrogen-bond donors (Lipinski definition) is 2. The SMILES string of the molecule is C[C@]1(O)CC2(CCN(CCOCc3ccccc3)CC2)OC[C@@H]1O. The molecule has 2 N–H and O–H groups in total. The number of benzene rings is 1. The summed E-state index contributed by atoms with van der Waals surface area (Å²) < 4.78 is 11.7. The highest BCUT2D eigenvalue weighted by atomic mass is 16.5. The van der Waals surface area contributed by atoms with Crippen LogP contribution in [0.25, 0.3) is 0 Å². The summed E-state index contributed by atoms with van der Waals surface area (Å²) in [5.74, 6) is 0. The topological polar surface area (TPSA) is 62.2 Å². The molecule has 0 unspecified atom stereocenters. The Morgan fingerprint density at radius 2 is 1.96 bits per heavy atom. The fourth-order valence-corrected chi connectivity index (χ4v) is 3.72. The minimum absolute atomic E-state index is 0.229. The number of ether oxygens (including phenoxy) is 2. The third-order valence-electron chi connectivity index (χ3n) is 5.38. The maximum absolute atomic E-state index is 10.3. The summed E-state index contributed by atoms with van der Waals surface area (Å²) in [6.07, 6.45) is 1.52. The summed E-state index contributed by atoms with van der Waals surface area (Å²) in [6.45, 7) is 6.13. The van der Waals surface area contributed by atoms with E-state index in [-0.39, 0.29) is 12.2 Å². The lowest BCUT2D eigenvalue weighted by Gasteiger charge is -2.49. The van der Waals surface area contributed by atoms with Crippen LogP contribution in [0.15, 0.2) is 30.3 Å². The summed E-state index contributed by atoms with van der Waals surface area (Å²) >= 11 is 0. The molecule has 0 aromatic heterocycles. The molecule has 0 saturated carbocycles. The van der Waals surface area contributed by atoms with E-state index < -0.39 is 11.7 Å². The van der Waals surface area contributed by atoms with Gasteiger partial charge in [0.2, 0.25) is 0 Å². The van der Waals surface area contributed by atoms with Gasteiger partial charge >= 0.3 is 0 Å². The van der Waals surface area contributed by atoms with Crippen molar-refractivity contribution in [2.75, 3.05) is 32.8 Å². The van der Waals surface area contributed by atoms with Crippen LogP contribution in [0.1, 0.15) is 31.7 Å². The molecule has 1 aromatic rings. The van der Waals surface area contributed by atoms with Crippen LogP contribution >= 0.6 is 0 Å². The molecule has 0 radical (unpaired) electrons. The standard InChI is InChI=1S/C19H29NO4/c1-18(22)15-19(24-14-17(18)21)7-9-20(10-8-19)11-12-23-13-16-5-3-2-4-6-16/h2-6,17,21-22H,7-15H2,1H3/t17-,18-/m0/s1. The summed E-state index contributed by atoms with van der Waals surface area (Å²) in [7, 11) is 0. The van der Waals surface area contributed by atoms with E-state index in [0.717, 1.165) is 39.1 Å². The fraction of sp³-hybridized carbons (Fsp3) is 0.684. The van der Waals surface area contributed by atoms with Crippen LogP contribution in [0, 0.1) is 0 Å². The Balaban J connectivity index is 1.38. The third kappa shape index (κ3) is 4.35. The minimum Gasteiger partial charge on any atom is -0.388 e. The molecule has 3 rings (SSSR count). The number of likely N-dealkylation sites (tertiary alicyclic amines) is 1. The minimum atomic E-state index is -1.04. The summed E-state index contributed by atoms with van der Waals surface area (Å²) in [6, 6.07) is 10.2. The van der Waals surface area contributed by atoms with Crippen molar-refractivity contribution in [2.24, 2.45) is 0 Å². The van der Waals surface area contributed by atoms with Gasteiger partial charge in [-0.2, -0.15) is 0 Å². The molecular formula is C19H29NO4. The number of hydrogen-bond acceptors (Lipinski definition) is 5. The molecule has 24 heavy (non-hydrogen) atoms. The van der Waals surface area contributed by atoms with Gasteiger partial charge in [0.15, 0.2) is 0 Å². The third-order valence-corrected chi connectivity index (χ3v) is 5.38. The van der Waals surface area contributed by atoms with Crippen molar-refractivity contribution in [3.63, 3.8) is 0 Å². The highest BCUT2D eigenvalue weighted by Gasteiger charge is 2.48. The molecule has 0 bridgehead atoms. The van der Waals surface area contributed by atoms with Crippen LogP contribution in [-0.4, -0.2) is 65.3 Å². The smallest absolute Gasteiger partial charge is 0.106 e. The van der Waals surface area contributed by atoms with Crippen LogP contribution in [-0.2, 0) is 16.1 Å². The van der Waals surface area contributed by atoms with Gasteiger partial charge in [0.05, 0.1) is 31.0 Å². The van der Waals surface area contributed by atoms with E-state index in [2.05, 4.69) is 17.0 Å². The molecule has 5 nitrogen and oxygen atoms in total. The molecule has 2 atom stereocenters. The highest BCUT2D eigenvalue weighted by Crippen LogP contribution is 2.39. The molecule has 134 valence electrons. The largest absolute Gasteiger partial charge is 0.388 e. The second-order valence-corrected chi connectivity index (χ2v) is 7.42. The number of nitrogens with zero attached hydrogens (tertiary/aromatic N) is 1. The van der Waals surface area contributed by atoms with Gasteiger partial charge in [-0.15, -0.1) is 0 Å². The van der Waals surface area contributed by atoms with Crippen LogP contribution in [0.2, 0.25) is 0 Å². The molecule has 2 aliphatic heterocycles. The van der Waals surface area contributed by atoms with Crippen molar-refractivity contribution in [1.29, 1.82) is 0 Å². The Hall–Kier alpha value is -0.980. The lowest BCUT2D eigenvalue weighted by atomic mass is 9.76. The average molecular weight is 335 g/mol. The zero-order valence-electron chi connectivity index (χ0n) is 14.5. The van der Waals surface area contributed by atoms with Gasteiger partial charge in [0.25, 0.3) is 0 Å². The highest BCUT2D eigenvalue weighted by molar-refractivity contribution is 5.13. The van der Waals surface area contributed by atoms with Gasteiger partial charge in [-0.3, -0.25) is 0 Å². The molecule has 1 aromatic carbocycles. The first-order valence-electron chi connectivity index (χ1n) is 8.88. The van der Waals surface area contributed by atoms with Gasteiger partial charge in [-0.25, -0.2) is 0 Å². The Kier molecular flexibility index (Phi) is 5.57. The molecular weight excluding hydrogens is 306 g/mol. The molecule has 2 heterocycles. The van der Waals surface area contributed by atoms with E-state index in [9.17, 15) is 10.2 Å². The predicted octanol–water partition coefficient (Wildman–Crippen LogP) is 1.57. The lowest BCUT2D eigenvalue weighted by molar-refractivity contribution is -0.223. The van der Waals surface area contributed by atoms with Crippen LogP contribution in [0.5, 0.6) is 0 Å². The van der Waals surface area contributed by atoms with Crippen molar-refractivity contribution in [1.82, 2.24) is 4.90 Å². The summed E-state index contributed by atoms with van der Waals surface area (Å²) in [5.41, 5.74) is -0.116. The monoisotopic (exact) mass is 335 g/mol. The molecule has 0 amide bonds. The predicted molar refractivity (Wildman–Crippen MR) is 91.7 cm³/mol. The number of aliphatic hydroxyl groups is 2. The van der Waals surface area contributed by atoms with E-state index in [1.54, 1.807) is 6.92 Å². The second kappa shape index (κ2) is 7.50. The normalized spacial score (nSPS) is 30.5. The van der Waals surface area contributed by atoms with Gasteiger partial charge in [0, 0.05) is 26.1 Å². The molecule has 0 aliphatic carbocycles. The van der Waals surface area contributed by atoms with Gasteiger partial charge in [0.1, 0.15) is 6.10 Å². The number of rotatable bonds is 5. The van der Waals surface area contributed by atoms with Gasteiger partial charge in [-0.05, 0) is 25.3 Å². The number of aliphatic hydroxyl groups excluding tert-OH is 1. The quantitative estimate of drug-likeness (QED) is 0.800. The van der Waals surface area contributed by atoms with Crippen molar-refractivity contribution >= 4 is 0 Å². The number of piperidine rings is 1. The van der Waals surface area contributed by atoms with Crippen molar-refractivity contribution in [3.05, 3.63) is 35.9 Å². The zero-order valence-corrected chi connectivity index (χ0v) is 14.5. The van der Waals surface area contributed by atoms with Crippen LogP contribution in [0.4, 0.5) is 0 Å². The maximum atomic E-state index is 10.3. The fourth-order valence-electron chi connectivity index (χ4n) is 3.72. The van der Waals surface area contributed by atoms with Gasteiger partial charge < -0.3 is 24.6 Å². The first-order chi connectivity index (χ1) is 11.5. The Morgan fingerprint density at radius 3 is 2.62 bits per heavy atom. The van der Waals surface area contributed by atoms with Crippen molar-refractivity contribution in [2.45, 2.75) is 50.1 Å². The molecule has 2 fully saturated rings. The van der Waals surface area contributed by atoms with Crippen LogP contribution in [0.3, 0.4) is 0 Å². The molecule has 1 spiro atoms. The van der Waals surface area contributed by atoms with E-state index in [0.29, 0.717) is 13.0 Å². The van der Waals surface area contributed by atoms with Gasteiger partial charge in [-0.1, -0.05) is 30.3 Å². The maximum Gasteiger partial charge on any atom is 0.106 e. The molecule has 2 aliphatic rings. The van der Waals surface area contributed by atoms with E-state index in [1.165, 1.54) is 5.56 Å². The first-order valence-corrected chi connectivity index (χ1v) is 8.88. The second-order valence-electron chi connectivity index (χ2n) is 7.42. The Morgan fingerprint density at radius 1 is 1.25 bits per heavy atom. The molecule has 5 heteroatoms. The molecule has 2 saturated heterocycles. The lowest BCUT2D eigenvalue weighted by Crippen LogP contribution is -2.59. The summed E-state index contributed by atoms with van der Waals surface area (Å²) in [5, 5.41) is 20.2. The Labute approximate surface area is 144 Å². The van der Waals surface area contributed by atoms with E-state index in [1.807, 2.05) is 18.2 Å². The summed E-state index contributed by atoms with van der Waals surface area (Å²) in [4.78, 5) is 2.39. The van der Waals surface area contributed by atoms with Crippen LogP contribution < -0.4 is 0 Å². The average Bonchev–Trinajstić information content (AvgIpc) is 2.58. The van der Waals surface area contributed by atoms with E-state index in [4.69, 9.17) is 9.47 Å². The van der Waals surface area contributed by atoms with E-state index >= 15 is 0 Å². The first kappa shape index (κ1) is 17.8. The van der Waals surface area contributed by atoms with Crippen molar-refractivity contribution < 1.29 is 19.7 Å². The Bertz CT molecular complexity index is 511. The zero-order chi connectivity index (χ0) is 17.0.